The largest absolute Gasteiger partial charge is 0.391 e. The molecule has 21 heavy (non-hydrogen) atoms. The zero-order valence-electron chi connectivity index (χ0n) is 12.1. The van der Waals surface area contributed by atoms with Crippen LogP contribution in [0, 0.1) is 5.82 Å². The van der Waals surface area contributed by atoms with E-state index in [1.54, 1.807) is 0 Å². The van der Waals surface area contributed by atoms with Crippen LogP contribution < -0.4 is 11.3 Å². The van der Waals surface area contributed by atoms with Crippen molar-refractivity contribution in [2.24, 2.45) is 5.84 Å². The van der Waals surface area contributed by atoms with Crippen LogP contribution in [0.2, 0.25) is 0 Å². The molecule has 0 saturated carbocycles. The van der Waals surface area contributed by atoms with Crippen molar-refractivity contribution in [3.05, 3.63) is 23.6 Å². The maximum Gasteiger partial charge on any atom is 0.257 e. The summed E-state index contributed by atoms with van der Waals surface area (Å²) < 4.78 is 14.1. The number of halogens is 1. The highest BCUT2D eigenvalue weighted by Crippen LogP contribution is 2.23. The van der Waals surface area contributed by atoms with Gasteiger partial charge in [0, 0.05) is 25.3 Å². The third kappa shape index (κ3) is 3.29. The number of pyridine rings is 1. The lowest BCUT2D eigenvalue weighted by Crippen LogP contribution is -2.41. The molecule has 1 aromatic heterocycles. The SMILES string of the molecule is CN(C)CC1CC(O)CN1C(=O)c1ccnc(NN)c1F. The standard InChI is InChI=1S/C13H20FN5O2/c1-18(2)6-8-5-9(20)7-19(8)13(21)10-3-4-16-12(17-15)11(10)14/h3-4,8-9,20H,5-7,15H2,1-2H3,(H,16,17). The number of nitrogens with two attached hydrogens (primary N) is 1. The van der Waals surface area contributed by atoms with Gasteiger partial charge >= 0.3 is 0 Å². The summed E-state index contributed by atoms with van der Waals surface area (Å²) >= 11 is 0. The number of anilines is 1. The summed E-state index contributed by atoms with van der Waals surface area (Å²) in [5.41, 5.74) is 2.02. The number of likely N-dealkylation sites (N-methyl/N-ethyl adjacent to an activating group) is 1. The Morgan fingerprint density at radius 1 is 1.67 bits per heavy atom. The van der Waals surface area contributed by atoms with Gasteiger partial charge in [0.25, 0.3) is 5.91 Å². The lowest BCUT2D eigenvalue weighted by molar-refractivity contribution is 0.0694. The van der Waals surface area contributed by atoms with Crippen molar-refractivity contribution in [1.29, 1.82) is 0 Å². The van der Waals surface area contributed by atoms with Crippen molar-refractivity contribution in [2.45, 2.75) is 18.6 Å². The molecule has 1 aliphatic heterocycles. The molecule has 2 heterocycles. The van der Waals surface area contributed by atoms with E-state index in [1.807, 2.05) is 19.0 Å². The van der Waals surface area contributed by atoms with Gasteiger partial charge in [-0.05, 0) is 26.6 Å². The molecular weight excluding hydrogens is 277 g/mol. The van der Waals surface area contributed by atoms with Crippen LogP contribution in [-0.2, 0) is 0 Å². The molecule has 0 radical (unpaired) electrons. The van der Waals surface area contributed by atoms with Gasteiger partial charge in [-0.1, -0.05) is 0 Å². The molecular formula is C13H20FN5O2. The number of aliphatic hydroxyl groups excluding tert-OH is 1. The number of hydrogen-bond acceptors (Lipinski definition) is 6. The van der Waals surface area contributed by atoms with Crippen LogP contribution >= 0.6 is 0 Å². The van der Waals surface area contributed by atoms with Gasteiger partial charge in [-0.15, -0.1) is 0 Å². The van der Waals surface area contributed by atoms with Crippen molar-refractivity contribution in [1.82, 2.24) is 14.8 Å². The predicted octanol–water partition coefficient (Wildman–Crippen LogP) is -0.357. The molecule has 1 amide bonds. The minimum atomic E-state index is -0.782. The fraction of sp³-hybridized carbons (Fsp3) is 0.538. The first kappa shape index (κ1) is 15.6. The quantitative estimate of drug-likeness (QED) is 0.519. The second-order valence-corrected chi connectivity index (χ2v) is 5.43. The van der Waals surface area contributed by atoms with E-state index in [0.717, 1.165) is 0 Å². The normalized spacial score (nSPS) is 21.9. The monoisotopic (exact) mass is 297 g/mol. The molecule has 0 bridgehead atoms. The first-order chi connectivity index (χ1) is 9.93. The van der Waals surface area contributed by atoms with E-state index in [2.05, 4.69) is 10.4 Å². The van der Waals surface area contributed by atoms with Crippen molar-refractivity contribution in [3.63, 3.8) is 0 Å². The van der Waals surface area contributed by atoms with Crippen molar-refractivity contribution < 1.29 is 14.3 Å². The van der Waals surface area contributed by atoms with Gasteiger partial charge in [-0.3, -0.25) is 4.79 Å². The molecule has 8 heteroatoms. The Morgan fingerprint density at radius 2 is 2.38 bits per heavy atom. The molecule has 0 aromatic carbocycles. The Bertz CT molecular complexity index is 525. The summed E-state index contributed by atoms with van der Waals surface area (Å²) in [6.07, 6.45) is 1.22. The number of nitrogens with zero attached hydrogens (tertiary/aromatic N) is 3. The number of likely N-dealkylation sites (tertiary alicyclic amines) is 1. The van der Waals surface area contributed by atoms with E-state index < -0.39 is 17.8 Å². The number of aliphatic hydroxyl groups is 1. The number of β-amino-alcohol motifs (C(OH)–C–C–N with tert-alkyl or cyclic N) is 1. The zero-order chi connectivity index (χ0) is 15.6. The van der Waals surface area contributed by atoms with Crippen molar-refractivity contribution in [2.75, 3.05) is 32.6 Å². The Balaban J connectivity index is 2.26. The molecule has 2 atom stereocenters. The minimum absolute atomic E-state index is 0.101. The van der Waals surface area contributed by atoms with Gasteiger partial charge in [0.15, 0.2) is 11.6 Å². The molecule has 2 unspecified atom stereocenters. The molecule has 7 nitrogen and oxygen atoms in total. The maximum atomic E-state index is 14.1. The number of hydrogen-bond donors (Lipinski definition) is 3. The highest BCUT2D eigenvalue weighted by Gasteiger charge is 2.36. The molecule has 1 saturated heterocycles. The van der Waals surface area contributed by atoms with E-state index in [-0.39, 0.29) is 24.0 Å². The number of carbonyl (C=O) groups is 1. The van der Waals surface area contributed by atoms with Gasteiger partial charge in [-0.2, -0.15) is 0 Å². The van der Waals surface area contributed by atoms with Gasteiger partial charge in [0.05, 0.1) is 11.7 Å². The van der Waals surface area contributed by atoms with Crippen LogP contribution in [0.5, 0.6) is 0 Å². The van der Waals surface area contributed by atoms with Crippen LogP contribution in [0.3, 0.4) is 0 Å². The minimum Gasteiger partial charge on any atom is -0.391 e. The highest BCUT2D eigenvalue weighted by atomic mass is 19.1. The molecule has 2 rings (SSSR count). The Labute approximate surface area is 122 Å². The lowest BCUT2D eigenvalue weighted by Gasteiger charge is -2.27. The number of carbonyl (C=O) groups excluding carboxylic acids is 1. The zero-order valence-corrected chi connectivity index (χ0v) is 12.1. The third-order valence-corrected chi connectivity index (χ3v) is 3.49. The number of amides is 1. The van der Waals surface area contributed by atoms with E-state index in [4.69, 9.17) is 5.84 Å². The number of aromatic nitrogens is 1. The molecule has 1 fully saturated rings. The molecule has 0 aliphatic carbocycles. The number of rotatable bonds is 4. The molecule has 1 aliphatic rings. The van der Waals surface area contributed by atoms with Crippen LogP contribution in [0.4, 0.5) is 10.2 Å². The molecule has 1 aromatic rings. The molecule has 4 N–H and O–H groups in total. The van der Waals surface area contributed by atoms with Crippen LogP contribution in [-0.4, -0.2) is 65.1 Å². The lowest BCUT2D eigenvalue weighted by atomic mass is 10.1. The van der Waals surface area contributed by atoms with E-state index >= 15 is 0 Å². The Hall–Kier alpha value is -1.77. The van der Waals surface area contributed by atoms with Gasteiger partial charge < -0.3 is 20.3 Å². The number of hydrazine groups is 1. The van der Waals surface area contributed by atoms with Crippen LogP contribution in [0.15, 0.2) is 12.3 Å². The number of nitrogens with one attached hydrogen (secondary N) is 1. The average molecular weight is 297 g/mol. The van der Waals surface area contributed by atoms with Crippen LogP contribution in [0.1, 0.15) is 16.8 Å². The summed E-state index contributed by atoms with van der Waals surface area (Å²) in [5.74, 6) is 3.74. The number of nitrogen functional groups attached to an aromatic ring is 1. The summed E-state index contributed by atoms with van der Waals surface area (Å²) in [7, 11) is 3.77. The molecule has 116 valence electrons. The third-order valence-electron chi connectivity index (χ3n) is 3.49. The van der Waals surface area contributed by atoms with Gasteiger partial charge in [0.1, 0.15) is 0 Å². The van der Waals surface area contributed by atoms with Gasteiger partial charge in [0.2, 0.25) is 0 Å². The second-order valence-electron chi connectivity index (χ2n) is 5.43. The average Bonchev–Trinajstić information content (AvgIpc) is 2.78. The summed E-state index contributed by atoms with van der Waals surface area (Å²) in [6, 6.07) is 1.17. The molecule has 0 spiro atoms. The summed E-state index contributed by atoms with van der Waals surface area (Å²) in [4.78, 5) is 19.7. The van der Waals surface area contributed by atoms with E-state index in [9.17, 15) is 14.3 Å². The van der Waals surface area contributed by atoms with E-state index in [1.165, 1.54) is 17.2 Å². The fourth-order valence-corrected chi connectivity index (χ4v) is 2.60. The van der Waals surface area contributed by atoms with Crippen molar-refractivity contribution in [3.8, 4) is 0 Å². The Kier molecular flexibility index (Phi) is 4.71. The second kappa shape index (κ2) is 6.33. The first-order valence-corrected chi connectivity index (χ1v) is 6.69. The Morgan fingerprint density at radius 3 is 3.00 bits per heavy atom. The summed E-state index contributed by atoms with van der Waals surface area (Å²) in [6.45, 7) is 0.808. The topological polar surface area (TPSA) is 94.7 Å². The van der Waals surface area contributed by atoms with Crippen molar-refractivity contribution >= 4 is 11.7 Å². The van der Waals surface area contributed by atoms with E-state index in [0.29, 0.717) is 13.0 Å². The highest BCUT2D eigenvalue weighted by molar-refractivity contribution is 5.95. The van der Waals surface area contributed by atoms with Crippen LogP contribution in [0.25, 0.3) is 0 Å². The fourth-order valence-electron chi connectivity index (χ4n) is 2.60. The summed E-state index contributed by atoms with van der Waals surface area (Å²) in [5, 5.41) is 9.80. The maximum absolute atomic E-state index is 14.1. The predicted molar refractivity (Wildman–Crippen MR) is 76.0 cm³/mol. The first-order valence-electron chi connectivity index (χ1n) is 6.69. The van der Waals surface area contributed by atoms with Gasteiger partial charge in [-0.25, -0.2) is 15.2 Å². The smallest absolute Gasteiger partial charge is 0.257 e.